The van der Waals surface area contributed by atoms with Gasteiger partial charge in [0.05, 0.1) is 0 Å². The lowest BCUT2D eigenvalue weighted by Crippen LogP contribution is -2.25. The van der Waals surface area contributed by atoms with Crippen molar-refractivity contribution in [2.24, 2.45) is 0 Å². The van der Waals surface area contributed by atoms with E-state index in [-0.39, 0.29) is 5.56 Å². The van der Waals surface area contributed by atoms with Crippen LogP contribution in [0.25, 0.3) is 0 Å². The van der Waals surface area contributed by atoms with Crippen molar-refractivity contribution in [3.63, 3.8) is 0 Å². The molecule has 124 valence electrons. The summed E-state index contributed by atoms with van der Waals surface area (Å²) in [5.74, 6) is -10.3. The predicted molar refractivity (Wildman–Crippen MR) is 66.7 cm³/mol. The maximum Gasteiger partial charge on any atom is 0.243 e. The molecule has 0 radical (unpaired) electrons. The van der Waals surface area contributed by atoms with Crippen molar-refractivity contribution >= 4 is 10.0 Å². The fourth-order valence-corrected chi connectivity index (χ4v) is 2.77. The van der Waals surface area contributed by atoms with E-state index in [0.717, 1.165) is 0 Å². The van der Waals surface area contributed by atoms with E-state index in [1.54, 1.807) is 4.72 Å². The van der Waals surface area contributed by atoms with Crippen LogP contribution in [0.5, 0.6) is 0 Å². The normalized spacial score (nSPS) is 11.7. The van der Waals surface area contributed by atoms with E-state index < -0.39 is 56.4 Å². The highest BCUT2D eigenvalue weighted by atomic mass is 32.2. The monoisotopic (exact) mass is 355 g/mol. The van der Waals surface area contributed by atoms with Gasteiger partial charge in [0.1, 0.15) is 4.90 Å². The van der Waals surface area contributed by atoms with Gasteiger partial charge in [-0.25, -0.2) is 39.5 Å². The average Bonchev–Trinajstić information content (AvgIpc) is 2.48. The molecule has 0 fully saturated rings. The van der Waals surface area contributed by atoms with Crippen LogP contribution in [0.1, 0.15) is 5.56 Å². The van der Waals surface area contributed by atoms with Gasteiger partial charge in [0.25, 0.3) is 0 Å². The summed E-state index contributed by atoms with van der Waals surface area (Å²) < 4.78 is 103. The number of hydrogen-bond donors (Lipinski definition) is 1. The molecule has 0 bridgehead atoms. The molecule has 0 aliphatic carbocycles. The lowest BCUT2D eigenvalue weighted by Gasteiger charge is -2.09. The maximum atomic E-state index is 13.5. The maximum absolute atomic E-state index is 13.5. The average molecular weight is 355 g/mol. The van der Waals surface area contributed by atoms with Gasteiger partial charge < -0.3 is 0 Å². The Bertz CT molecular complexity index is 846. The first-order valence-corrected chi connectivity index (χ1v) is 7.38. The van der Waals surface area contributed by atoms with Crippen molar-refractivity contribution in [2.45, 2.75) is 11.4 Å². The van der Waals surface area contributed by atoms with Crippen molar-refractivity contribution in [3.05, 3.63) is 64.7 Å². The smallest absolute Gasteiger partial charge is 0.207 e. The van der Waals surface area contributed by atoms with E-state index in [0.29, 0.717) is 24.3 Å². The van der Waals surface area contributed by atoms with Crippen LogP contribution in [0.3, 0.4) is 0 Å². The fraction of sp³-hybridized carbons (Fsp3) is 0.0769. The number of benzene rings is 2. The largest absolute Gasteiger partial charge is 0.243 e. The Morgan fingerprint density at radius 1 is 0.783 bits per heavy atom. The summed E-state index contributed by atoms with van der Waals surface area (Å²) in [6, 6.07) is 1.96. The molecule has 0 aromatic heterocycles. The van der Waals surface area contributed by atoms with Crippen molar-refractivity contribution in [1.29, 1.82) is 0 Å². The molecule has 2 aromatic carbocycles. The number of hydrogen-bond acceptors (Lipinski definition) is 2. The van der Waals surface area contributed by atoms with Crippen molar-refractivity contribution in [2.75, 3.05) is 0 Å². The third-order valence-corrected chi connectivity index (χ3v) is 4.22. The van der Waals surface area contributed by atoms with Crippen molar-refractivity contribution in [1.82, 2.24) is 4.72 Å². The molecule has 0 aliphatic rings. The SMILES string of the molecule is O=S(=O)(NCc1cc(F)c(F)c(F)c1)c1ccc(F)c(F)c1F. The van der Waals surface area contributed by atoms with Gasteiger partial charge in [0.2, 0.25) is 10.0 Å². The highest BCUT2D eigenvalue weighted by Gasteiger charge is 2.24. The Morgan fingerprint density at radius 3 is 1.91 bits per heavy atom. The molecule has 0 aliphatic heterocycles. The molecule has 23 heavy (non-hydrogen) atoms. The van der Waals surface area contributed by atoms with E-state index in [2.05, 4.69) is 0 Å². The van der Waals surface area contributed by atoms with E-state index >= 15 is 0 Å². The third-order valence-electron chi connectivity index (χ3n) is 2.80. The van der Waals surface area contributed by atoms with Crippen LogP contribution in [0.15, 0.2) is 29.2 Å². The van der Waals surface area contributed by atoms with Gasteiger partial charge >= 0.3 is 0 Å². The Balaban J connectivity index is 2.28. The summed E-state index contributed by atoms with van der Waals surface area (Å²) in [6.07, 6.45) is 0. The molecule has 3 nitrogen and oxygen atoms in total. The van der Waals surface area contributed by atoms with Gasteiger partial charge in [-0.2, -0.15) is 0 Å². The summed E-state index contributed by atoms with van der Waals surface area (Å²) in [5.41, 5.74) is -0.298. The van der Waals surface area contributed by atoms with Crippen LogP contribution < -0.4 is 4.72 Å². The Hall–Kier alpha value is -2.07. The molecule has 1 N–H and O–H groups in total. The van der Waals surface area contributed by atoms with E-state index in [9.17, 15) is 34.8 Å². The topological polar surface area (TPSA) is 46.2 Å². The zero-order chi connectivity index (χ0) is 17.4. The van der Waals surface area contributed by atoms with Crippen LogP contribution in [0.2, 0.25) is 0 Å². The molecule has 0 spiro atoms. The minimum atomic E-state index is -4.63. The van der Waals surface area contributed by atoms with Crippen LogP contribution in [0.4, 0.5) is 26.3 Å². The first-order chi connectivity index (χ1) is 10.6. The van der Waals surface area contributed by atoms with E-state index in [4.69, 9.17) is 0 Å². The van der Waals surface area contributed by atoms with Gasteiger partial charge in [0, 0.05) is 6.54 Å². The second-order valence-electron chi connectivity index (χ2n) is 4.37. The van der Waals surface area contributed by atoms with Gasteiger partial charge in [-0.05, 0) is 29.8 Å². The first kappa shape index (κ1) is 17.3. The molecular formula is C13H7F6NO2S. The highest BCUT2D eigenvalue weighted by Crippen LogP contribution is 2.20. The highest BCUT2D eigenvalue weighted by molar-refractivity contribution is 7.89. The van der Waals surface area contributed by atoms with E-state index in [1.807, 2.05) is 0 Å². The third kappa shape index (κ3) is 3.48. The summed E-state index contributed by atoms with van der Waals surface area (Å²) >= 11 is 0. The minimum absolute atomic E-state index is 0.298. The number of rotatable bonds is 4. The summed E-state index contributed by atoms with van der Waals surface area (Å²) in [6.45, 7) is -0.727. The van der Waals surface area contributed by atoms with Crippen molar-refractivity contribution in [3.8, 4) is 0 Å². The summed E-state index contributed by atoms with van der Waals surface area (Å²) in [4.78, 5) is -1.18. The molecule has 0 saturated heterocycles. The molecule has 10 heteroatoms. The Kier molecular flexibility index (Phi) is 4.66. The molecule has 0 saturated carbocycles. The number of halogens is 6. The zero-order valence-electron chi connectivity index (χ0n) is 11.0. The second-order valence-corrected chi connectivity index (χ2v) is 6.11. The van der Waals surface area contributed by atoms with Gasteiger partial charge in [-0.3, -0.25) is 0 Å². The molecule has 2 aromatic rings. The lowest BCUT2D eigenvalue weighted by molar-refractivity contribution is 0.431. The van der Waals surface area contributed by atoms with Crippen LogP contribution in [0, 0.1) is 34.9 Å². The second kappa shape index (κ2) is 6.20. The standard InChI is InChI=1S/C13H7F6NO2S/c14-7-1-2-10(13(19)12(7)18)23(21,22)20-5-6-3-8(15)11(17)9(16)4-6/h1-4,20H,5H2. The quantitative estimate of drug-likeness (QED) is 0.677. The number of sulfonamides is 1. The molecule has 0 atom stereocenters. The molecule has 0 amide bonds. The van der Waals surface area contributed by atoms with Gasteiger partial charge in [-0.15, -0.1) is 0 Å². The van der Waals surface area contributed by atoms with Crippen LogP contribution >= 0.6 is 0 Å². The first-order valence-electron chi connectivity index (χ1n) is 5.90. The fourth-order valence-electron chi connectivity index (χ4n) is 1.68. The summed E-state index contributed by atoms with van der Waals surface area (Å²) in [5, 5.41) is 0. The Labute approximate surface area is 126 Å². The van der Waals surface area contributed by atoms with Crippen LogP contribution in [-0.4, -0.2) is 8.42 Å². The van der Waals surface area contributed by atoms with Crippen molar-refractivity contribution < 1.29 is 34.8 Å². The van der Waals surface area contributed by atoms with Crippen LogP contribution in [-0.2, 0) is 16.6 Å². The minimum Gasteiger partial charge on any atom is -0.207 e. The molecule has 2 rings (SSSR count). The number of nitrogens with one attached hydrogen (secondary N) is 1. The van der Waals surface area contributed by atoms with Gasteiger partial charge in [-0.1, -0.05) is 0 Å². The van der Waals surface area contributed by atoms with Gasteiger partial charge in [0.15, 0.2) is 34.9 Å². The molecule has 0 unspecified atom stereocenters. The Morgan fingerprint density at radius 2 is 1.35 bits per heavy atom. The molecular weight excluding hydrogens is 348 g/mol. The van der Waals surface area contributed by atoms with E-state index in [1.165, 1.54) is 0 Å². The molecule has 0 heterocycles. The summed E-state index contributed by atoms with van der Waals surface area (Å²) in [7, 11) is -4.63. The zero-order valence-corrected chi connectivity index (χ0v) is 11.8. The predicted octanol–water partition coefficient (Wildman–Crippen LogP) is 3.00. The lowest BCUT2D eigenvalue weighted by atomic mass is 10.2.